The lowest BCUT2D eigenvalue weighted by Crippen LogP contribution is -1.99. The van der Waals surface area contributed by atoms with Gasteiger partial charge >= 0.3 is 0 Å². The van der Waals surface area contributed by atoms with Crippen molar-refractivity contribution in [3.63, 3.8) is 0 Å². The van der Waals surface area contributed by atoms with Gasteiger partial charge in [-0.2, -0.15) is 0 Å². The molecule has 0 unspecified atom stereocenters. The first-order chi connectivity index (χ1) is 7.61. The number of aryl methyl sites for hydroxylation is 2. The summed E-state index contributed by atoms with van der Waals surface area (Å²) < 4.78 is 2.76. The second kappa shape index (κ2) is 4.55. The zero-order valence-corrected chi connectivity index (χ0v) is 11.4. The fourth-order valence-electron chi connectivity index (χ4n) is 1.67. The molecule has 1 aromatic carbocycles. The summed E-state index contributed by atoms with van der Waals surface area (Å²) in [5.41, 5.74) is 4.15. The van der Waals surface area contributed by atoms with Crippen LogP contribution in [-0.4, -0.2) is 15.0 Å². The van der Waals surface area contributed by atoms with E-state index in [1.807, 2.05) is 6.20 Å². The molecule has 0 aliphatic heterocycles. The third kappa shape index (κ3) is 2.13. The number of aromatic nitrogens is 3. The quantitative estimate of drug-likeness (QED) is 0.796. The van der Waals surface area contributed by atoms with Crippen molar-refractivity contribution in [1.82, 2.24) is 15.0 Å². The standard InChI is InChI=1S/C11H11BrClN3/c1-7-3-8(2)11(10(12)4-7)16-6-9(5-13)14-15-16/h3-4,6H,5H2,1-2H3. The number of rotatable bonds is 2. The molecule has 0 bridgehead atoms. The van der Waals surface area contributed by atoms with E-state index in [9.17, 15) is 0 Å². The van der Waals surface area contributed by atoms with Crippen LogP contribution in [0.15, 0.2) is 22.8 Å². The number of hydrogen-bond acceptors (Lipinski definition) is 2. The minimum atomic E-state index is 0.378. The average molecular weight is 301 g/mol. The van der Waals surface area contributed by atoms with Gasteiger partial charge in [0.25, 0.3) is 0 Å². The predicted octanol–water partition coefficient (Wildman–Crippen LogP) is 3.39. The molecule has 5 heteroatoms. The lowest BCUT2D eigenvalue weighted by atomic mass is 10.1. The van der Waals surface area contributed by atoms with Gasteiger partial charge in [0.1, 0.15) is 0 Å². The van der Waals surface area contributed by atoms with E-state index in [-0.39, 0.29) is 0 Å². The van der Waals surface area contributed by atoms with Gasteiger partial charge in [0.2, 0.25) is 0 Å². The van der Waals surface area contributed by atoms with Crippen LogP contribution in [0.3, 0.4) is 0 Å². The number of hydrogen-bond donors (Lipinski definition) is 0. The molecule has 2 aromatic rings. The third-order valence-corrected chi connectivity index (χ3v) is 3.18. The van der Waals surface area contributed by atoms with Crippen LogP contribution in [0.25, 0.3) is 5.69 Å². The molecular weight excluding hydrogens is 289 g/mol. The maximum absolute atomic E-state index is 5.70. The normalized spacial score (nSPS) is 10.8. The molecule has 3 nitrogen and oxygen atoms in total. The Kier molecular flexibility index (Phi) is 3.30. The van der Waals surface area contributed by atoms with E-state index < -0.39 is 0 Å². The van der Waals surface area contributed by atoms with Gasteiger partial charge < -0.3 is 0 Å². The van der Waals surface area contributed by atoms with Crippen LogP contribution < -0.4 is 0 Å². The first-order valence-corrected chi connectivity index (χ1v) is 6.19. The molecule has 0 spiro atoms. The van der Waals surface area contributed by atoms with Crippen molar-refractivity contribution >= 4 is 27.5 Å². The van der Waals surface area contributed by atoms with Gasteiger partial charge in [0.05, 0.1) is 23.5 Å². The molecule has 0 amide bonds. The summed E-state index contributed by atoms with van der Waals surface area (Å²) in [7, 11) is 0. The number of halogens is 2. The summed E-state index contributed by atoms with van der Waals surface area (Å²) in [4.78, 5) is 0. The molecule has 1 aromatic heterocycles. The number of nitrogens with zero attached hydrogens (tertiary/aromatic N) is 3. The molecule has 0 N–H and O–H groups in total. The Morgan fingerprint density at radius 1 is 1.38 bits per heavy atom. The molecule has 2 rings (SSSR count). The largest absolute Gasteiger partial charge is 0.219 e. The lowest BCUT2D eigenvalue weighted by molar-refractivity contribution is 0.792. The van der Waals surface area contributed by atoms with Gasteiger partial charge in [-0.1, -0.05) is 11.3 Å². The molecule has 0 aliphatic rings. The van der Waals surface area contributed by atoms with Crippen LogP contribution >= 0.6 is 27.5 Å². The van der Waals surface area contributed by atoms with Gasteiger partial charge in [-0.3, -0.25) is 0 Å². The lowest BCUT2D eigenvalue weighted by Gasteiger charge is -2.08. The molecule has 0 saturated heterocycles. The molecule has 16 heavy (non-hydrogen) atoms. The zero-order valence-electron chi connectivity index (χ0n) is 9.04. The van der Waals surface area contributed by atoms with E-state index in [0.29, 0.717) is 5.88 Å². The molecule has 0 fully saturated rings. The van der Waals surface area contributed by atoms with E-state index >= 15 is 0 Å². The Hall–Kier alpha value is -0.870. The summed E-state index contributed by atoms with van der Waals surface area (Å²) in [6.45, 7) is 4.11. The van der Waals surface area contributed by atoms with E-state index in [1.165, 1.54) is 5.56 Å². The molecule has 0 atom stereocenters. The van der Waals surface area contributed by atoms with Crippen LogP contribution in [0.1, 0.15) is 16.8 Å². The minimum Gasteiger partial charge on any atom is -0.219 e. The predicted molar refractivity (Wildman–Crippen MR) is 68.1 cm³/mol. The highest BCUT2D eigenvalue weighted by atomic mass is 79.9. The maximum atomic E-state index is 5.70. The highest BCUT2D eigenvalue weighted by Gasteiger charge is 2.09. The van der Waals surface area contributed by atoms with Gasteiger partial charge in [-0.25, -0.2) is 4.68 Å². The van der Waals surface area contributed by atoms with Crippen LogP contribution in [0.5, 0.6) is 0 Å². The monoisotopic (exact) mass is 299 g/mol. The Labute approximate surface area is 108 Å². The maximum Gasteiger partial charge on any atom is 0.0979 e. The van der Waals surface area contributed by atoms with Crippen LogP contribution in [0, 0.1) is 13.8 Å². The second-order valence-corrected chi connectivity index (χ2v) is 4.82. The summed E-state index contributed by atoms with van der Waals surface area (Å²) in [6, 6.07) is 4.17. The van der Waals surface area contributed by atoms with Crippen molar-refractivity contribution in [2.75, 3.05) is 0 Å². The Morgan fingerprint density at radius 2 is 2.12 bits per heavy atom. The van der Waals surface area contributed by atoms with Crippen LogP contribution in [0.4, 0.5) is 0 Å². The van der Waals surface area contributed by atoms with Crippen LogP contribution in [-0.2, 0) is 5.88 Å². The summed E-state index contributed by atoms with van der Waals surface area (Å²) >= 11 is 9.25. The Bertz CT molecular complexity index is 499. The van der Waals surface area contributed by atoms with Gasteiger partial charge in [-0.05, 0) is 47.0 Å². The average Bonchev–Trinajstić information content (AvgIpc) is 2.64. The van der Waals surface area contributed by atoms with E-state index in [1.54, 1.807) is 4.68 Å². The van der Waals surface area contributed by atoms with E-state index in [4.69, 9.17) is 11.6 Å². The fourth-order valence-corrected chi connectivity index (χ4v) is 2.65. The molecule has 0 radical (unpaired) electrons. The molecular formula is C11H11BrClN3. The second-order valence-electron chi connectivity index (χ2n) is 3.70. The van der Waals surface area contributed by atoms with Crippen molar-refractivity contribution < 1.29 is 0 Å². The molecule has 0 saturated carbocycles. The molecule has 0 aliphatic carbocycles. The van der Waals surface area contributed by atoms with Crippen molar-refractivity contribution in [1.29, 1.82) is 0 Å². The summed E-state index contributed by atoms with van der Waals surface area (Å²) in [6.07, 6.45) is 1.84. The summed E-state index contributed by atoms with van der Waals surface area (Å²) in [5, 5.41) is 8.04. The highest BCUT2D eigenvalue weighted by molar-refractivity contribution is 9.10. The SMILES string of the molecule is Cc1cc(C)c(-n2cc(CCl)nn2)c(Br)c1. The van der Waals surface area contributed by atoms with Gasteiger partial charge in [0, 0.05) is 4.47 Å². The number of benzene rings is 1. The summed E-state index contributed by atoms with van der Waals surface area (Å²) in [5.74, 6) is 0.378. The Morgan fingerprint density at radius 3 is 2.69 bits per heavy atom. The molecule has 84 valence electrons. The molecule has 1 heterocycles. The van der Waals surface area contributed by atoms with Crippen molar-refractivity contribution in [3.05, 3.63) is 39.6 Å². The van der Waals surface area contributed by atoms with Gasteiger partial charge in [0.15, 0.2) is 0 Å². The topological polar surface area (TPSA) is 30.7 Å². The fraction of sp³-hybridized carbons (Fsp3) is 0.273. The smallest absolute Gasteiger partial charge is 0.0979 e. The Balaban J connectivity index is 2.55. The van der Waals surface area contributed by atoms with E-state index in [0.717, 1.165) is 21.4 Å². The zero-order chi connectivity index (χ0) is 11.7. The third-order valence-electron chi connectivity index (χ3n) is 2.31. The van der Waals surface area contributed by atoms with E-state index in [2.05, 4.69) is 52.2 Å². The van der Waals surface area contributed by atoms with Crippen molar-refractivity contribution in [3.8, 4) is 5.69 Å². The van der Waals surface area contributed by atoms with Crippen LogP contribution in [0.2, 0.25) is 0 Å². The van der Waals surface area contributed by atoms with Crippen molar-refractivity contribution in [2.45, 2.75) is 19.7 Å². The first-order valence-electron chi connectivity index (χ1n) is 4.86. The highest BCUT2D eigenvalue weighted by Crippen LogP contribution is 2.25. The number of alkyl halides is 1. The first kappa shape index (κ1) is 11.6. The minimum absolute atomic E-state index is 0.378. The van der Waals surface area contributed by atoms with Gasteiger partial charge in [-0.15, -0.1) is 16.7 Å². The van der Waals surface area contributed by atoms with Crippen molar-refractivity contribution in [2.24, 2.45) is 0 Å².